The molecule has 0 saturated carbocycles. The molecule has 5 atom stereocenters. The number of nitrogens with one attached hydrogen (secondary N) is 1. The number of phosphoric acid groups is 1. The van der Waals surface area contributed by atoms with Gasteiger partial charge in [-0.2, -0.15) is 0 Å². The lowest BCUT2D eigenvalue weighted by atomic mass is 9.98. The number of urea groups is 1. The summed E-state index contributed by atoms with van der Waals surface area (Å²) in [6.45, 7) is 6.73. The van der Waals surface area contributed by atoms with Gasteiger partial charge < -0.3 is 10.1 Å². The van der Waals surface area contributed by atoms with Crippen molar-refractivity contribution in [2.75, 3.05) is 13.2 Å². The van der Waals surface area contributed by atoms with Crippen molar-refractivity contribution in [2.24, 2.45) is 0 Å². The number of carbonyl (C=O) groups excluding carboxylic acids is 2. The van der Waals surface area contributed by atoms with Gasteiger partial charge in [0.15, 0.2) is 11.9 Å². The summed E-state index contributed by atoms with van der Waals surface area (Å²) in [4.78, 5) is 25.6. The Labute approximate surface area is 267 Å². The Morgan fingerprint density at radius 3 is 2.29 bits per heavy atom. The molecule has 9 nitrogen and oxygen atoms in total. The standard InChI is InChI=1S/C34H48FN2O7P/c1-4-5-6-7-8-9-10-11-12-13-14-15-16-17-18-19-20-22-29(38)23-21-26-41-45(40)42-27-30-31(44-45)34(3,35)32(43-30)37-25-24-28(2)36-33(37)39/h5-6,8-9,11-12,14-15,17-18,24-25,30-32H,2,4,7,10,13,16,19-23,26-27H2,1,3H3,(H,36,39)/b6-5-,9-8-,12-11-,15-14-,18-17-/t30-,31-,32-,34-,45?/m1/s1. The molecule has 45 heavy (non-hydrogen) atoms. The number of nitrogens with zero attached hydrogens (tertiary/aromatic N) is 1. The molecule has 0 aromatic carbocycles. The Hall–Kier alpha value is -2.88. The van der Waals surface area contributed by atoms with Crippen LogP contribution in [0.3, 0.4) is 0 Å². The zero-order chi connectivity index (χ0) is 32.5. The lowest BCUT2D eigenvalue weighted by Gasteiger charge is -2.35. The number of ether oxygens (including phenoxy) is 1. The van der Waals surface area contributed by atoms with E-state index in [4.69, 9.17) is 18.3 Å². The average Bonchev–Trinajstić information content (AvgIpc) is 3.26. The fraction of sp³-hybridized carbons (Fsp3) is 0.529. The smallest absolute Gasteiger partial charge is 0.346 e. The van der Waals surface area contributed by atoms with E-state index in [-0.39, 0.29) is 25.4 Å². The van der Waals surface area contributed by atoms with Gasteiger partial charge in [0, 0.05) is 24.7 Å². The van der Waals surface area contributed by atoms with Crippen LogP contribution < -0.4 is 5.32 Å². The van der Waals surface area contributed by atoms with Crippen LogP contribution in [0.5, 0.6) is 0 Å². The highest BCUT2D eigenvalue weighted by Gasteiger charge is 2.63. The first-order valence-electron chi connectivity index (χ1n) is 15.8. The Morgan fingerprint density at radius 2 is 1.67 bits per heavy atom. The van der Waals surface area contributed by atoms with E-state index >= 15 is 4.39 Å². The number of unbranched alkanes of at least 4 members (excludes halogenated alkanes) is 1. The number of allylic oxidation sites excluding steroid dienone is 11. The summed E-state index contributed by atoms with van der Waals surface area (Å²) < 4.78 is 50.7. The summed E-state index contributed by atoms with van der Waals surface area (Å²) in [5.41, 5.74) is -1.83. The molecule has 0 bridgehead atoms. The maximum Gasteiger partial charge on any atom is 0.475 e. The topological polar surface area (TPSA) is 103 Å². The van der Waals surface area contributed by atoms with E-state index in [2.05, 4.69) is 79.6 Å². The number of Topliss-reactive ketones (excluding diaryl/α,β-unsaturated/α-hetero) is 1. The molecule has 0 aromatic rings. The van der Waals surface area contributed by atoms with Crippen LogP contribution in [0.4, 0.5) is 9.18 Å². The zero-order valence-corrected chi connectivity index (χ0v) is 27.4. The first-order valence-corrected chi connectivity index (χ1v) is 17.3. The van der Waals surface area contributed by atoms with Gasteiger partial charge in [0.05, 0.1) is 13.2 Å². The van der Waals surface area contributed by atoms with Crippen molar-refractivity contribution < 1.29 is 36.9 Å². The van der Waals surface area contributed by atoms with Gasteiger partial charge in [0.2, 0.25) is 0 Å². The van der Waals surface area contributed by atoms with E-state index < -0.39 is 38.0 Å². The summed E-state index contributed by atoms with van der Waals surface area (Å²) in [5, 5.41) is 2.50. The zero-order valence-electron chi connectivity index (χ0n) is 26.5. The van der Waals surface area contributed by atoms with Gasteiger partial charge in [-0.15, -0.1) is 0 Å². The molecule has 2 fully saturated rings. The Balaban J connectivity index is 1.24. The van der Waals surface area contributed by atoms with Crippen LogP contribution >= 0.6 is 7.82 Å². The number of phosphoric ester groups is 1. The van der Waals surface area contributed by atoms with Gasteiger partial charge >= 0.3 is 13.9 Å². The van der Waals surface area contributed by atoms with Crippen LogP contribution in [0.15, 0.2) is 85.3 Å². The SMILES string of the molecule is C=C1C=CN([C@@H]2O[C@@H]3COP(=O)(OCCCC(=O)CCC/C=C\C/C=C\C/C=C\C/C=C\C/C=C\CC)O[C@H]3[C@@]2(C)F)C(=O)N1. The Morgan fingerprint density at radius 1 is 1.07 bits per heavy atom. The third-order valence-electron chi connectivity index (χ3n) is 7.34. The highest BCUT2D eigenvalue weighted by Crippen LogP contribution is 2.58. The van der Waals surface area contributed by atoms with Crippen LogP contribution in [-0.2, 0) is 27.7 Å². The maximum absolute atomic E-state index is 15.8. The minimum atomic E-state index is -4.08. The summed E-state index contributed by atoms with van der Waals surface area (Å²) >= 11 is 0. The first-order chi connectivity index (χ1) is 21.7. The summed E-state index contributed by atoms with van der Waals surface area (Å²) in [6.07, 6.45) is 28.4. The number of ketones is 1. The van der Waals surface area contributed by atoms with Crippen molar-refractivity contribution in [3.8, 4) is 0 Å². The van der Waals surface area contributed by atoms with E-state index in [1.807, 2.05) is 0 Å². The monoisotopic (exact) mass is 646 g/mol. The van der Waals surface area contributed by atoms with Crippen molar-refractivity contribution in [1.29, 1.82) is 0 Å². The van der Waals surface area contributed by atoms with Gasteiger partial charge in [-0.25, -0.2) is 13.8 Å². The third-order valence-corrected chi connectivity index (χ3v) is 8.79. The quantitative estimate of drug-likeness (QED) is 0.0855. The molecule has 0 aliphatic carbocycles. The van der Waals surface area contributed by atoms with E-state index in [1.165, 1.54) is 19.2 Å². The molecule has 2 amide bonds. The molecule has 3 aliphatic heterocycles. The number of hydrogen-bond acceptors (Lipinski definition) is 7. The lowest BCUT2D eigenvalue weighted by molar-refractivity contribution is -0.119. The third kappa shape index (κ3) is 12.1. The highest BCUT2D eigenvalue weighted by atomic mass is 31.2. The lowest BCUT2D eigenvalue weighted by Crippen LogP contribution is -2.54. The predicted molar refractivity (Wildman–Crippen MR) is 174 cm³/mol. The molecule has 1 N–H and O–H groups in total. The molecule has 3 aliphatic rings. The molecule has 2 saturated heterocycles. The average molecular weight is 647 g/mol. The molecular formula is C34H48FN2O7P. The van der Waals surface area contributed by atoms with E-state index in [9.17, 15) is 14.2 Å². The minimum Gasteiger partial charge on any atom is -0.346 e. The minimum absolute atomic E-state index is 0.0398. The second-order valence-electron chi connectivity index (χ2n) is 11.2. The molecule has 11 heteroatoms. The first kappa shape index (κ1) is 36.6. The highest BCUT2D eigenvalue weighted by molar-refractivity contribution is 7.48. The number of hydrogen-bond donors (Lipinski definition) is 1. The van der Waals surface area contributed by atoms with Crippen LogP contribution in [0, 0.1) is 0 Å². The Kier molecular flexibility index (Phi) is 15.4. The molecular weight excluding hydrogens is 598 g/mol. The number of halogens is 1. The van der Waals surface area contributed by atoms with Gasteiger partial charge in [0.25, 0.3) is 0 Å². The largest absolute Gasteiger partial charge is 0.475 e. The molecule has 248 valence electrons. The number of fused-ring (bicyclic) bond motifs is 1. The Bertz CT molecular complexity index is 1220. The second-order valence-corrected chi connectivity index (χ2v) is 12.8. The summed E-state index contributed by atoms with van der Waals surface area (Å²) in [6, 6.07) is -0.599. The van der Waals surface area contributed by atoms with E-state index in [0.29, 0.717) is 18.5 Å². The number of rotatable bonds is 19. The van der Waals surface area contributed by atoms with Crippen molar-refractivity contribution in [2.45, 2.75) is 102 Å². The maximum atomic E-state index is 15.8. The molecule has 3 heterocycles. The van der Waals surface area contributed by atoms with Gasteiger partial charge in [-0.1, -0.05) is 74.3 Å². The van der Waals surface area contributed by atoms with Crippen molar-refractivity contribution in [1.82, 2.24) is 10.2 Å². The molecule has 0 spiro atoms. The predicted octanol–water partition coefficient (Wildman–Crippen LogP) is 8.30. The number of carbonyl (C=O) groups is 2. The molecule has 3 rings (SSSR count). The van der Waals surface area contributed by atoms with Crippen LogP contribution in [0.25, 0.3) is 0 Å². The number of amides is 2. The fourth-order valence-electron chi connectivity index (χ4n) is 4.93. The normalized spacial score (nSPS) is 28.9. The van der Waals surface area contributed by atoms with Gasteiger partial charge in [0.1, 0.15) is 18.0 Å². The van der Waals surface area contributed by atoms with Crippen molar-refractivity contribution in [3.05, 3.63) is 85.3 Å². The number of alkyl halides is 1. The van der Waals surface area contributed by atoms with Crippen LogP contribution in [-0.4, -0.2) is 54.0 Å². The van der Waals surface area contributed by atoms with Gasteiger partial charge in [-0.05, 0) is 64.4 Å². The second kappa shape index (κ2) is 18.9. The van der Waals surface area contributed by atoms with E-state index in [0.717, 1.165) is 49.8 Å². The van der Waals surface area contributed by atoms with Crippen LogP contribution in [0.2, 0.25) is 0 Å². The van der Waals surface area contributed by atoms with E-state index in [1.54, 1.807) is 0 Å². The molecule has 0 radical (unpaired) electrons. The molecule has 0 aromatic heterocycles. The summed E-state index contributed by atoms with van der Waals surface area (Å²) in [5.74, 6) is 0.0914. The van der Waals surface area contributed by atoms with Crippen molar-refractivity contribution >= 4 is 19.6 Å². The fourth-order valence-corrected chi connectivity index (χ4v) is 6.43. The molecule has 1 unspecified atom stereocenters. The summed E-state index contributed by atoms with van der Waals surface area (Å²) in [7, 11) is -4.08. The van der Waals surface area contributed by atoms with Gasteiger partial charge in [-0.3, -0.25) is 23.3 Å². The van der Waals surface area contributed by atoms with Crippen molar-refractivity contribution in [3.63, 3.8) is 0 Å². The van der Waals surface area contributed by atoms with Crippen LogP contribution in [0.1, 0.15) is 78.1 Å².